The van der Waals surface area contributed by atoms with Crippen LogP contribution in [0.3, 0.4) is 0 Å². The molecule has 1 N–H and O–H groups in total. The van der Waals surface area contributed by atoms with Crippen molar-refractivity contribution in [3.05, 3.63) is 82.2 Å². The van der Waals surface area contributed by atoms with Gasteiger partial charge in [-0.1, -0.05) is 18.2 Å². The van der Waals surface area contributed by atoms with Gasteiger partial charge in [-0.05, 0) is 49.4 Å². The third-order valence-electron chi connectivity index (χ3n) is 4.86. The minimum absolute atomic E-state index is 0.182. The molecule has 2 aromatic heterocycles. The molecule has 0 radical (unpaired) electrons. The summed E-state index contributed by atoms with van der Waals surface area (Å²) in [6.07, 6.45) is 1.76. The van der Waals surface area contributed by atoms with Gasteiger partial charge in [0.1, 0.15) is 5.69 Å². The van der Waals surface area contributed by atoms with Crippen LogP contribution in [0.4, 0.5) is 0 Å². The van der Waals surface area contributed by atoms with E-state index < -0.39 is 0 Å². The summed E-state index contributed by atoms with van der Waals surface area (Å²) >= 11 is 1.67. The first-order valence-corrected chi connectivity index (χ1v) is 10.6. The van der Waals surface area contributed by atoms with Gasteiger partial charge >= 0.3 is 0 Å². The van der Waals surface area contributed by atoms with E-state index in [4.69, 9.17) is 14.6 Å². The quantitative estimate of drug-likeness (QED) is 0.452. The van der Waals surface area contributed by atoms with Crippen LogP contribution in [-0.4, -0.2) is 29.9 Å². The molecule has 4 aromatic rings. The highest BCUT2D eigenvalue weighted by atomic mass is 32.1. The van der Waals surface area contributed by atoms with E-state index in [0.29, 0.717) is 29.3 Å². The van der Waals surface area contributed by atoms with Crippen LogP contribution in [0.5, 0.6) is 11.5 Å². The maximum Gasteiger partial charge on any atom is 0.255 e. The van der Waals surface area contributed by atoms with Crippen molar-refractivity contribution in [1.29, 1.82) is 0 Å². The molecule has 0 fully saturated rings. The number of aryl methyl sites for hydroxylation is 1. The van der Waals surface area contributed by atoms with E-state index in [1.54, 1.807) is 36.4 Å². The molecule has 4 rings (SSSR count). The number of para-hydroxylation sites is 1. The van der Waals surface area contributed by atoms with E-state index in [-0.39, 0.29) is 5.91 Å². The molecule has 0 atom stereocenters. The van der Waals surface area contributed by atoms with Gasteiger partial charge in [0.05, 0.1) is 32.0 Å². The van der Waals surface area contributed by atoms with Gasteiger partial charge in [0, 0.05) is 21.5 Å². The van der Waals surface area contributed by atoms with E-state index in [0.717, 1.165) is 16.1 Å². The van der Waals surface area contributed by atoms with Crippen molar-refractivity contribution < 1.29 is 14.3 Å². The van der Waals surface area contributed by atoms with E-state index in [2.05, 4.69) is 18.3 Å². The molecule has 0 saturated carbocycles. The monoisotopic (exact) mass is 433 g/mol. The zero-order valence-electron chi connectivity index (χ0n) is 17.6. The van der Waals surface area contributed by atoms with Crippen molar-refractivity contribution in [2.24, 2.45) is 0 Å². The van der Waals surface area contributed by atoms with Crippen LogP contribution >= 0.6 is 11.3 Å². The summed E-state index contributed by atoms with van der Waals surface area (Å²) in [6.45, 7) is 2.52. The van der Waals surface area contributed by atoms with Crippen molar-refractivity contribution in [1.82, 2.24) is 15.1 Å². The van der Waals surface area contributed by atoms with E-state index in [9.17, 15) is 4.79 Å². The van der Waals surface area contributed by atoms with Crippen molar-refractivity contribution >= 4 is 17.2 Å². The fourth-order valence-electron chi connectivity index (χ4n) is 3.29. The maximum absolute atomic E-state index is 13.1. The van der Waals surface area contributed by atoms with E-state index in [1.807, 2.05) is 54.6 Å². The molecule has 0 aliphatic rings. The number of aromatic nitrogens is 2. The van der Waals surface area contributed by atoms with Crippen LogP contribution in [0, 0.1) is 6.92 Å². The van der Waals surface area contributed by atoms with Crippen molar-refractivity contribution in [2.75, 3.05) is 14.2 Å². The second-order valence-electron chi connectivity index (χ2n) is 6.94. The highest BCUT2D eigenvalue weighted by molar-refractivity contribution is 7.11. The summed E-state index contributed by atoms with van der Waals surface area (Å²) in [5, 5.41) is 7.74. The van der Waals surface area contributed by atoms with Gasteiger partial charge in [0.25, 0.3) is 5.91 Å². The molecule has 7 heteroatoms. The lowest BCUT2D eigenvalue weighted by Gasteiger charge is -2.09. The molecule has 158 valence electrons. The van der Waals surface area contributed by atoms with Gasteiger partial charge in [0.15, 0.2) is 11.5 Å². The number of ether oxygens (including phenoxy) is 2. The number of carbonyl (C=O) groups excluding carboxylic acids is 1. The number of carbonyl (C=O) groups is 1. The number of hydrogen-bond acceptors (Lipinski definition) is 5. The molecule has 2 aromatic carbocycles. The van der Waals surface area contributed by atoms with Gasteiger partial charge < -0.3 is 14.8 Å². The lowest BCUT2D eigenvalue weighted by molar-refractivity contribution is 0.0952. The zero-order chi connectivity index (χ0) is 21.8. The van der Waals surface area contributed by atoms with Crippen LogP contribution in [0.1, 0.15) is 20.1 Å². The molecule has 1 amide bonds. The molecule has 0 unspecified atom stereocenters. The van der Waals surface area contributed by atoms with Crippen LogP contribution in [0.15, 0.2) is 66.9 Å². The van der Waals surface area contributed by atoms with Gasteiger partial charge in [-0.3, -0.25) is 4.79 Å². The SMILES string of the molecule is COc1ccc(-c2nn(-c3ccccc3)cc2C(=O)NCc2ccc(C)s2)cc1OC. The number of nitrogens with one attached hydrogen (secondary N) is 1. The Morgan fingerprint density at radius 1 is 1.03 bits per heavy atom. The Hall–Kier alpha value is -3.58. The number of nitrogens with zero attached hydrogens (tertiary/aromatic N) is 2. The summed E-state index contributed by atoms with van der Waals surface area (Å²) < 4.78 is 12.5. The number of methoxy groups -OCH3 is 2. The first kappa shape index (κ1) is 20.7. The molecule has 0 bridgehead atoms. The summed E-state index contributed by atoms with van der Waals surface area (Å²) in [5.41, 5.74) is 2.70. The van der Waals surface area contributed by atoms with Crippen molar-refractivity contribution in [3.63, 3.8) is 0 Å². The topological polar surface area (TPSA) is 65.4 Å². The number of thiophene rings is 1. The zero-order valence-corrected chi connectivity index (χ0v) is 18.4. The molecule has 0 aliphatic heterocycles. The first-order chi connectivity index (χ1) is 15.1. The Morgan fingerprint density at radius 3 is 2.48 bits per heavy atom. The largest absolute Gasteiger partial charge is 0.493 e. The Morgan fingerprint density at radius 2 is 1.81 bits per heavy atom. The lowest BCUT2D eigenvalue weighted by Crippen LogP contribution is -2.22. The number of amides is 1. The first-order valence-electron chi connectivity index (χ1n) is 9.80. The Bertz CT molecular complexity index is 1200. The smallest absolute Gasteiger partial charge is 0.255 e. The molecule has 2 heterocycles. The molecular formula is C24H23N3O3S. The predicted octanol–water partition coefficient (Wildman–Crippen LogP) is 4.86. The van der Waals surface area contributed by atoms with Crippen LogP contribution in [0.25, 0.3) is 16.9 Å². The summed E-state index contributed by atoms with van der Waals surface area (Å²) in [4.78, 5) is 15.4. The predicted molar refractivity (Wildman–Crippen MR) is 122 cm³/mol. The third kappa shape index (κ3) is 4.46. The van der Waals surface area contributed by atoms with Gasteiger partial charge in [0.2, 0.25) is 0 Å². The van der Waals surface area contributed by atoms with Crippen molar-refractivity contribution in [3.8, 4) is 28.4 Å². The van der Waals surface area contributed by atoms with Gasteiger partial charge in [-0.25, -0.2) is 4.68 Å². The molecule has 31 heavy (non-hydrogen) atoms. The van der Waals surface area contributed by atoms with Crippen LogP contribution in [-0.2, 0) is 6.54 Å². The van der Waals surface area contributed by atoms with E-state index >= 15 is 0 Å². The average molecular weight is 434 g/mol. The minimum Gasteiger partial charge on any atom is -0.493 e. The van der Waals surface area contributed by atoms with Crippen LogP contribution < -0.4 is 14.8 Å². The third-order valence-corrected chi connectivity index (χ3v) is 5.86. The standard InChI is InChI=1S/C24H23N3O3S/c1-16-9-11-19(31-16)14-25-24(28)20-15-27(18-7-5-4-6-8-18)26-23(20)17-10-12-21(29-2)22(13-17)30-3/h4-13,15H,14H2,1-3H3,(H,25,28). The number of benzene rings is 2. The van der Waals surface area contributed by atoms with E-state index in [1.165, 1.54) is 4.88 Å². The molecule has 6 nitrogen and oxygen atoms in total. The van der Waals surface area contributed by atoms with Gasteiger partial charge in [-0.15, -0.1) is 11.3 Å². The van der Waals surface area contributed by atoms with Gasteiger partial charge in [-0.2, -0.15) is 5.10 Å². The molecule has 0 spiro atoms. The highest BCUT2D eigenvalue weighted by Crippen LogP contribution is 2.33. The number of rotatable bonds is 7. The Kier molecular flexibility index (Phi) is 6.04. The average Bonchev–Trinajstić information content (AvgIpc) is 3.44. The second kappa shape index (κ2) is 9.06. The van der Waals surface area contributed by atoms with Crippen molar-refractivity contribution in [2.45, 2.75) is 13.5 Å². The molecular weight excluding hydrogens is 410 g/mol. The minimum atomic E-state index is -0.182. The number of hydrogen-bond donors (Lipinski definition) is 1. The Balaban J connectivity index is 1.72. The fraction of sp³-hybridized carbons (Fsp3) is 0.167. The molecule has 0 saturated heterocycles. The molecule has 0 aliphatic carbocycles. The lowest BCUT2D eigenvalue weighted by atomic mass is 10.1. The normalized spacial score (nSPS) is 10.7. The maximum atomic E-state index is 13.1. The fourth-order valence-corrected chi connectivity index (χ4v) is 4.12. The summed E-state index contributed by atoms with van der Waals surface area (Å²) in [7, 11) is 3.17. The second-order valence-corrected chi connectivity index (χ2v) is 8.31. The summed E-state index contributed by atoms with van der Waals surface area (Å²) in [6, 6.07) is 19.3. The summed E-state index contributed by atoms with van der Waals surface area (Å²) in [5.74, 6) is 1.01. The van der Waals surface area contributed by atoms with Crippen LogP contribution in [0.2, 0.25) is 0 Å². The Labute approximate surface area is 185 Å². The highest BCUT2D eigenvalue weighted by Gasteiger charge is 2.20.